The summed E-state index contributed by atoms with van der Waals surface area (Å²) in [5, 5.41) is 3.99. The van der Waals surface area contributed by atoms with Crippen LogP contribution in [0.15, 0.2) is 52.3 Å². The van der Waals surface area contributed by atoms with Gasteiger partial charge in [0.25, 0.3) is 0 Å². The summed E-state index contributed by atoms with van der Waals surface area (Å²) in [7, 11) is 1.58. The van der Waals surface area contributed by atoms with Crippen molar-refractivity contribution >= 4 is 11.8 Å². The van der Waals surface area contributed by atoms with E-state index in [1.165, 1.54) is 0 Å². The number of aromatic nitrogens is 3. The summed E-state index contributed by atoms with van der Waals surface area (Å²) in [6, 6.07) is 9.83. The third-order valence-corrected chi connectivity index (χ3v) is 4.10. The smallest absolute Gasteiger partial charge is 0.433 e. The van der Waals surface area contributed by atoms with Gasteiger partial charge in [0.15, 0.2) is 5.16 Å². The summed E-state index contributed by atoms with van der Waals surface area (Å²) < 4.78 is 48.2. The summed E-state index contributed by atoms with van der Waals surface area (Å²) >= 11 is 1.04. The summed E-state index contributed by atoms with van der Waals surface area (Å²) in [5.74, 6) is 1.51. The third-order valence-electron chi connectivity index (χ3n) is 3.21. The van der Waals surface area contributed by atoms with Crippen LogP contribution in [0.5, 0.6) is 5.75 Å². The molecule has 0 bridgehead atoms. The molecule has 2 heterocycles. The molecule has 0 radical (unpaired) electrons. The Balaban J connectivity index is 1.67. The van der Waals surface area contributed by atoms with Gasteiger partial charge >= 0.3 is 6.18 Å². The topological polar surface area (TPSA) is 61.0 Å². The van der Waals surface area contributed by atoms with Crippen LogP contribution in [0.2, 0.25) is 0 Å². The summed E-state index contributed by atoms with van der Waals surface area (Å²) in [5.41, 5.74) is 0.501. The van der Waals surface area contributed by atoms with Gasteiger partial charge in [-0.25, -0.2) is 9.97 Å². The Kier molecular flexibility index (Phi) is 4.93. The number of rotatable bonds is 5. The van der Waals surface area contributed by atoms with Gasteiger partial charge in [0.05, 0.1) is 12.9 Å². The first-order chi connectivity index (χ1) is 12.0. The highest BCUT2D eigenvalue weighted by molar-refractivity contribution is 7.98. The molecule has 3 aromatic rings. The molecule has 0 fully saturated rings. The van der Waals surface area contributed by atoms with Gasteiger partial charge in [-0.15, -0.1) is 0 Å². The van der Waals surface area contributed by atoms with Crippen LogP contribution in [0.1, 0.15) is 11.5 Å². The number of ether oxygens (including phenoxy) is 1. The lowest BCUT2D eigenvalue weighted by molar-refractivity contribution is -0.141. The second-order valence-electron chi connectivity index (χ2n) is 4.92. The average molecular weight is 367 g/mol. The molecule has 0 unspecified atom stereocenters. The van der Waals surface area contributed by atoms with Crippen LogP contribution in [0.4, 0.5) is 13.2 Å². The van der Waals surface area contributed by atoms with Gasteiger partial charge in [-0.1, -0.05) is 16.9 Å². The fourth-order valence-electron chi connectivity index (χ4n) is 1.98. The number of hydrogen-bond acceptors (Lipinski definition) is 6. The Hall–Kier alpha value is -2.55. The lowest BCUT2D eigenvalue weighted by atomic mass is 10.1. The van der Waals surface area contributed by atoms with E-state index in [4.69, 9.17) is 9.26 Å². The number of halogens is 3. The second-order valence-corrected chi connectivity index (χ2v) is 5.86. The second kappa shape index (κ2) is 7.14. The molecule has 1 aromatic carbocycles. The summed E-state index contributed by atoms with van der Waals surface area (Å²) in [4.78, 5) is 7.32. The van der Waals surface area contributed by atoms with Crippen LogP contribution in [0.3, 0.4) is 0 Å². The minimum Gasteiger partial charge on any atom is -0.497 e. The van der Waals surface area contributed by atoms with Gasteiger partial charge in [0.2, 0.25) is 0 Å². The van der Waals surface area contributed by atoms with Gasteiger partial charge in [-0.2, -0.15) is 13.2 Å². The van der Waals surface area contributed by atoms with Crippen LogP contribution in [0.25, 0.3) is 11.3 Å². The monoisotopic (exact) mass is 367 g/mol. The standard InChI is InChI=1S/C16H12F3N3O2S/c1-23-11-4-2-10(3-5-11)13-8-12(24-22-13)9-25-15-20-7-6-14(21-15)16(17,18)19/h2-8H,9H2,1H3. The van der Waals surface area contributed by atoms with Crippen molar-refractivity contribution in [2.24, 2.45) is 0 Å². The number of benzene rings is 1. The van der Waals surface area contributed by atoms with Crippen LogP contribution < -0.4 is 4.74 Å². The Bertz CT molecular complexity index is 850. The van der Waals surface area contributed by atoms with E-state index in [0.29, 0.717) is 11.5 Å². The lowest BCUT2D eigenvalue weighted by Gasteiger charge is -2.05. The van der Waals surface area contributed by atoms with Gasteiger partial charge in [0.1, 0.15) is 22.9 Å². The summed E-state index contributed by atoms with van der Waals surface area (Å²) in [6.45, 7) is 0. The van der Waals surface area contributed by atoms with E-state index in [9.17, 15) is 13.2 Å². The molecule has 0 aliphatic carbocycles. The van der Waals surface area contributed by atoms with E-state index in [1.54, 1.807) is 25.3 Å². The molecule has 3 rings (SSSR count). The van der Waals surface area contributed by atoms with Crippen molar-refractivity contribution in [2.75, 3.05) is 7.11 Å². The molecule has 0 saturated heterocycles. The SMILES string of the molecule is COc1ccc(-c2cc(CSc3nccc(C(F)(F)F)n3)on2)cc1. The van der Waals surface area contributed by atoms with Gasteiger partial charge in [-0.05, 0) is 30.3 Å². The zero-order valence-electron chi connectivity index (χ0n) is 12.9. The van der Waals surface area contributed by atoms with Gasteiger partial charge in [0, 0.05) is 17.8 Å². The Morgan fingerprint density at radius 2 is 1.92 bits per heavy atom. The van der Waals surface area contributed by atoms with E-state index >= 15 is 0 Å². The lowest BCUT2D eigenvalue weighted by Crippen LogP contribution is -2.08. The van der Waals surface area contributed by atoms with E-state index < -0.39 is 11.9 Å². The summed E-state index contributed by atoms with van der Waals surface area (Å²) in [6.07, 6.45) is -3.41. The minimum atomic E-state index is -4.49. The molecular formula is C16H12F3N3O2S. The highest BCUT2D eigenvalue weighted by Crippen LogP contribution is 2.29. The van der Waals surface area contributed by atoms with Crippen molar-refractivity contribution in [2.45, 2.75) is 17.1 Å². The molecular weight excluding hydrogens is 355 g/mol. The van der Waals surface area contributed by atoms with E-state index in [2.05, 4.69) is 15.1 Å². The molecule has 0 spiro atoms. The number of nitrogens with zero attached hydrogens (tertiary/aromatic N) is 3. The fraction of sp³-hybridized carbons (Fsp3) is 0.188. The fourth-order valence-corrected chi connectivity index (χ4v) is 2.69. The highest BCUT2D eigenvalue weighted by Gasteiger charge is 2.32. The quantitative estimate of drug-likeness (QED) is 0.490. The minimum absolute atomic E-state index is 0.0252. The maximum atomic E-state index is 12.6. The maximum Gasteiger partial charge on any atom is 0.433 e. The molecule has 25 heavy (non-hydrogen) atoms. The molecule has 0 saturated carbocycles. The van der Waals surface area contributed by atoms with Gasteiger partial charge in [-0.3, -0.25) is 0 Å². The average Bonchev–Trinajstić information content (AvgIpc) is 3.08. The van der Waals surface area contributed by atoms with Crippen molar-refractivity contribution in [1.29, 1.82) is 0 Å². The molecule has 9 heteroatoms. The number of methoxy groups -OCH3 is 1. The largest absolute Gasteiger partial charge is 0.497 e. The first kappa shape index (κ1) is 17.3. The van der Waals surface area contributed by atoms with Gasteiger partial charge < -0.3 is 9.26 Å². The zero-order valence-corrected chi connectivity index (χ0v) is 13.8. The first-order valence-electron chi connectivity index (χ1n) is 7.09. The molecule has 130 valence electrons. The van der Waals surface area contributed by atoms with Crippen LogP contribution in [-0.4, -0.2) is 22.2 Å². The molecule has 5 nitrogen and oxygen atoms in total. The van der Waals surface area contributed by atoms with E-state index in [0.717, 1.165) is 35.3 Å². The first-order valence-corrected chi connectivity index (χ1v) is 8.07. The zero-order chi connectivity index (χ0) is 17.9. The highest BCUT2D eigenvalue weighted by atomic mass is 32.2. The van der Waals surface area contributed by atoms with Crippen LogP contribution in [-0.2, 0) is 11.9 Å². The number of hydrogen-bond donors (Lipinski definition) is 0. The van der Waals surface area contributed by atoms with Crippen molar-refractivity contribution in [3.63, 3.8) is 0 Å². The van der Waals surface area contributed by atoms with E-state index in [1.807, 2.05) is 12.1 Å². The predicted molar refractivity (Wildman–Crippen MR) is 85.1 cm³/mol. The van der Waals surface area contributed by atoms with Crippen molar-refractivity contribution < 1.29 is 22.4 Å². The molecule has 2 aromatic heterocycles. The molecule has 0 aliphatic heterocycles. The molecule has 0 amide bonds. The van der Waals surface area contributed by atoms with E-state index in [-0.39, 0.29) is 10.9 Å². The maximum absolute atomic E-state index is 12.6. The van der Waals surface area contributed by atoms with Crippen molar-refractivity contribution in [3.05, 3.63) is 54.0 Å². The van der Waals surface area contributed by atoms with Crippen molar-refractivity contribution in [1.82, 2.24) is 15.1 Å². The van der Waals surface area contributed by atoms with Crippen molar-refractivity contribution in [3.8, 4) is 17.0 Å². The predicted octanol–water partition coefficient (Wildman–Crippen LogP) is 4.45. The van der Waals surface area contributed by atoms with Crippen LogP contribution >= 0.6 is 11.8 Å². The molecule has 0 atom stereocenters. The Labute approximate surface area is 145 Å². The molecule has 0 aliphatic rings. The normalized spacial score (nSPS) is 11.5. The number of alkyl halides is 3. The third kappa shape index (κ3) is 4.30. The number of thioether (sulfide) groups is 1. The Morgan fingerprint density at radius 3 is 2.60 bits per heavy atom. The van der Waals surface area contributed by atoms with Crippen LogP contribution in [0, 0.1) is 0 Å². The molecule has 0 N–H and O–H groups in total. The Morgan fingerprint density at radius 1 is 1.16 bits per heavy atom.